The average molecular weight is 169 g/mol. The Balaban J connectivity index is 3.80. The van der Waals surface area contributed by atoms with Crippen LogP contribution in [0.1, 0.15) is 19.8 Å². The van der Waals surface area contributed by atoms with E-state index in [1.807, 2.05) is 6.92 Å². The summed E-state index contributed by atoms with van der Waals surface area (Å²) in [5, 5.41) is 13.5. The summed E-state index contributed by atoms with van der Waals surface area (Å²) in [7, 11) is 1.59. The minimum atomic E-state index is -0.144. The number of nitriles is 1. The third-order valence-corrected chi connectivity index (χ3v) is 1.32. The Bertz CT molecular complexity index is 181. The molecule has 0 aromatic carbocycles. The van der Waals surface area contributed by atoms with Gasteiger partial charge in [0.05, 0.1) is 6.17 Å². The van der Waals surface area contributed by atoms with E-state index in [2.05, 4.69) is 15.6 Å². The molecule has 0 rings (SSSR count). The summed E-state index contributed by atoms with van der Waals surface area (Å²) in [4.78, 5) is 3.79. The van der Waals surface area contributed by atoms with Crippen LogP contribution in [-0.2, 0) is 0 Å². The van der Waals surface area contributed by atoms with E-state index in [9.17, 15) is 0 Å². The molecular formula is C7H15N5. The van der Waals surface area contributed by atoms with Gasteiger partial charge in [-0.2, -0.15) is 5.26 Å². The standard InChI is InChI=1S/C7H15N5/c1-3-4-6(9)12-7(10-2)11-5-8/h6H,3-4,9H2,1-2H3,(H2,10,11,12). The number of nitrogens with zero attached hydrogens (tertiary/aromatic N) is 2. The summed E-state index contributed by atoms with van der Waals surface area (Å²) in [5.41, 5.74) is 5.65. The van der Waals surface area contributed by atoms with Crippen LogP contribution in [-0.4, -0.2) is 19.2 Å². The summed E-state index contributed by atoms with van der Waals surface area (Å²) in [5.74, 6) is 0.415. The van der Waals surface area contributed by atoms with E-state index >= 15 is 0 Å². The molecule has 5 nitrogen and oxygen atoms in total. The van der Waals surface area contributed by atoms with E-state index in [-0.39, 0.29) is 6.17 Å². The summed E-state index contributed by atoms with van der Waals surface area (Å²) >= 11 is 0. The van der Waals surface area contributed by atoms with Crippen molar-refractivity contribution in [2.45, 2.75) is 25.9 Å². The topological polar surface area (TPSA) is 86.2 Å². The molecule has 1 unspecified atom stereocenters. The van der Waals surface area contributed by atoms with Crippen LogP contribution in [0.15, 0.2) is 4.99 Å². The molecule has 0 aromatic heterocycles. The highest BCUT2D eigenvalue weighted by atomic mass is 15.2. The van der Waals surface area contributed by atoms with Gasteiger partial charge in [0.25, 0.3) is 0 Å². The highest BCUT2D eigenvalue weighted by molar-refractivity contribution is 5.81. The first kappa shape index (κ1) is 10.7. The number of aliphatic imine (C=N–C) groups is 1. The first-order valence-electron chi connectivity index (χ1n) is 3.88. The fraction of sp³-hybridized carbons (Fsp3) is 0.714. The SMILES string of the molecule is CCCC(N)NC(=NC)NC#N. The van der Waals surface area contributed by atoms with Crippen LogP contribution in [0.2, 0.25) is 0 Å². The minimum Gasteiger partial charge on any atom is -0.340 e. The molecule has 4 N–H and O–H groups in total. The maximum absolute atomic E-state index is 8.29. The second-order valence-electron chi connectivity index (χ2n) is 2.35. The predicted octanol–water partition coefficient (Wildman–Crippen LogP) is -0.283. The fourth-order valence-corrected chi connectivity index (χ4v) is 0.768. The van der Waals surface area contributed by atoms with Gasteiger partial charge in [-0.3, -0.25) is 10.3 Å². The van der Waals surface area contributed by atoms with Gasteiger partial charge in [0.15, 0.2) is 6.19 Å². The van der Waals surface area contributed by atoms with E-state index in [0.717, 1.165) is 12.8 Å². The monoisotopic (exact) mass is 169 g/mol. The van der Waals surface area contributed by atoms with Crippen LogP contribution >= 0.6 is 0 Å². The molecular weight excluding hydrogens is 154 g/mol. The molecule has 0 spiro atoms. The van der Waals surface area contributed by atoms with Gasteiger partial charge >= 0.3 is 0 Å². The molecule has 0 heterocycles. The maximum Gasteiger partial charge on any atom is 0.205 e. The van der Waals surface area contributed by atoms with Crippen molar-refractivity contribution in [3.63, 3.8) is 0 Å². The van der Waals surface area contributed by atoms with Crippen molar-refractivity contribution in [3.05, 3.63) is 0 Å². The number of nitrogens with one attached hydrogen (secondary N) is 2. The zero-order valence-electron chi connectivity index (χ0n) is 7.46. The Morgan fingerprint density at radius 2 is 2.42 bits per heavy atom. The summed E-state index contributed by atoms with van der Waals surface area (Å²) in [6, 6.07) is 0. The van der Waals surface area contributed by atoms with Crippen LogP contribution < -0.4 is 16.4 Å². The molecule has 0 aromatic rings. The highest BCUT2D eigenvalue weighted by Gasteiger charge is 2.02. The third kappa shape index (κ3) is 4.52. The lowest BCUT2D eigenvalue weighted by Gasteiger charge is -2.13. The molecule has 0 saturated heterocycles. The quantitative estimate of drug-likeness (QED) is 0.178. The maximum atomic E-state index is 8.29. The second-order valence-corrected chi connectivity index (χ2v) is 2.35. The van der Waals surface area contributed by atoms with Crippen molar-refractivity contribution < 1.29 is 0 Å². The van der Waals surface area contributed by atoms with Crippen molar-refractivity contribution in [2.24, 2.45) is 10.7 Å². The van der Waals surface area contributed by atoms with Gasteiger partial charge in [-0.25, -0.2) is 0 Å². The van der Waals surface area contributed by atoms with Crippen LogP contribution in [0.3, 0.4) is 0 Å². The van der Waals surface area contributed by atoms with E-state index < -0.39 is 0 Å². The Morgan fingerprint density at radius 3 is 2.83 bits per heavy atom. The normalized spacial score (nSPS) is 13.3. The molecule has 12 heavy (non-hydrogen) atoms. The van der Waals surface area contributed by atoms with E-state index in [4.69, 9.17) is 11.0 Å². The zero-order chi connectivity index (χ0) is 9.40. The minimum absolute atomic E-state index is 0.144. The van der Waals surface area contributed by atoms with Crippen molar-refractivity contribution >= 4 is 5.96 Å². The molecule has 0 aliphatic carbocycles. The van der Waals surface area contributed by atoms with Crippen molar-refractivity contribution in [3.8, 4) is 6.19 Å². The third-order valence-electron chi connectivity index (χ3n) is 1.32. The highest BCUT2D eigenvalue weighted by Crippen LogP contribution is 1.88. The van der Waals surface area contributed by atoms with Gasteiger partial charge in [-0.1, -0.05) is 13.3 Å². The fourth-order valence-electron chi connectivity index (χ4n) is 0.768. The lowest BCUT2D eigenvalue weighted by atomic mass is 10.3. The Hall–Kier alpha value is -1.28. The number of hydrogen-bond donors (Lipinski definition) is 3. The van der Waals surface area contributed by atoms with Crippen LogP contribution in [0, 0.1) is 11.5 Å². The molecule has 5 heteroatoms. The first-order chi connectivity index (χ1) is 5.74. The van der Waals surface area contributed by atoms with Crippen LogP contribution in [0.4, 0.5) is 0 Å². The molecule has 0 amide bonds. The lowest BCUT2D eigenvalue weighted by Crippen LogP contribution is -2.46. The van der Waals surface area contributed by atoms with Gasteiger partial charge in [0.2, 0.25) is 5.96 Å². The van der Waals surface area contributed by atoms with Gasteiger partial charge in [-0.15, -0.1) is 0 Å². The number of guanidine groups is 1. The largest absolute Gasteiger partial charge is 0.340 e. The molecule has 0 radical (unpaired) electrons. The Kier molecular flexibility index (Phi) is 5.75. The molecule has 0 fully saturated rings. The van der Waals surface area contributed by atoms with Gasteiger partial charge in [0.1, 0.15) is 0 Å². The molecule has 68 valence electrons. The zero-order valence-corrected chi connectivity index (χ0v) is 7.46. The second kappa shape index (κ2) is 6.43. The lowest BCUT2D eigenvalue weighted by molar-refractivity contribution is 0.566. The van der Waals surface area contributed by atoms with Crippen molar-refractivity contribution in [1.29, 1.82) is 5.26 Å². The van der Waals surface area contributed by atoms with Crippen LogP contribution in [0.25, 0.3) is 0 Å². The number of nitrogens with two attached hydrogens (primary N) is 1. The van der Waals surface area contributed by atoms with Gasteiger partial charge in [-0.05, 0) is 6.42 Å². The first-order valence-corrected chi connectivity index (χ1v) is 3.88. The van der Waals surface area contributed by atoms with Gasteiger partial charge in [0, 0.05) is 7.05 Å². The molecule has 1 atom stereocenters. The van der Waals surface area contributed by atoms with E-state index in [0.29, 0.717) is 5.96 Å². The summed E-state index contributed by atoms with van der Waals surface area (Å²) in [6.07, 6.45) is 3.47. The van der Waals surface area contributed by atoms with Crippen molar-refractivity contribution in [2.75, 3.05) is 7.05 Å². The summed E-state index contributed by atoms with van der Waals surface area (Å²) < 4.78 is 0. The Morgan fingerprint density at radius 1 is 1.75 bits per heavy atom. The average Bonchev–Trinajstić information content (AvgIpc) is 2.04. The Labute approximate surface area is 72.7 Å². The number of rotatable bonds is 3. The van der Waals surface area contributed by atoms with E-state index in [1.165, 1.54) is 0 Å². The van der Waals surface area contributed by atoms with Gasteiger partial charge < -0.3 is 11.1 Å². The van der Waals surface area contributed by atoms with E-state index in [1.54, 1.807) is 13.2 Å². The molecule has 0 aliphatic rings. The molecule has 0 saturated carbocycles. The van der Waals surface area contributed by atoms with Crippen LogP contribution in [0.5, 0.6) is 0 Å². The number of hydrogen-bond acceptors (Lipinski definition) is 3. The summed E-state index contributed by atoms with van der Waals surface area (Å²) in [6.45, 7) is 2.04. The van der Waals surface area contributed by atoms with Crippen molar-refractivity contribution in [1.82, 2.24) is 10.6 Å². The predicted molar refractivity (Wildman–Crippen MR) is 48.1 cm³/mol. The smallest absolute Gasteiger partial charge is 0.205 e. The molecule has 0 bridgehead atoms. The molecule has 0 aliphatic heterocycles.